The van der Waals surface area contributed by atoms with Crippen molar-refractivity contribution < 1.29 is 13.5 Å². The molecule has 0 fully saturated rings. The molecule has 0 amide bonds. The largest absolute Gasteiger partial charge is 0.471 e. The molecule has 0 radical (unpaired) electrons. The van der Waals surface area contributed by atoms with E-state index in [0.29, 0.717) is 0 Å². The molecule has 2 N–H and O–H groups in total. The molecule has 1 heterocycles. The summed E-state index contributed by atoms with van der Waals surface area (Å²) < 4.78 is 28.4. The molecule has 0 aromatic carbocycles. The highest BCUT2D eigenvalue weighted by atomic mass is 35.5. The third kappa shape index (κ3) is 3.60. The molecule has 0 aliphatic heterocycles. The first kappa shape index (κ1) is 12.1. The van der Waals surface area contributed by atoms with Gasteiger partial charge in [-0.3, -0.25) is 0 Å². The molecule has 1 unspecified atom stereocenters. The molecule has 0 aliphatic rings. The molecular formula is C9H11ClF2N2O. The van der Waals surface area contributed by atoms with Crippen molar-refractivity contribution in [3.05, 3.63) is 22.8 Å². The van der Waals surface area contributed by atoms with Gasteiger partial charge in [-0.25, -0.2) is 13.8 Å². The highest BCUT2D eigenvalue weighted by Gasteiger charge is 2.10. The second-order valence-electron chi connectivity index (χ2n) is 3.05. The maximum atomic E-state index is 11.8. The third-order valence-corrected chi connectivity index (χ3v) is 1.97. The van der Waals surface area contributed by atoms with Crippen molar-refractivity contribution in [2.75, 3.05) is 6.61 Å². The maximum absolute atomic E-state index is 11.8. The maximum Gasteiger partial charge on any atom is 0.272 e. The van der Waals surface area contributed by atoms with Crippen molar-refractivity contribution in [2.24, 2.45) is 5.73 Å². The Hall–Kier alpha value is -0.940. The van der Waals surface area contributed by atoms with Crippen LogP contribution in [0.5, 0.6) is 5.88 Å². The fourth-order valence-corrected chi connectivity index (χ4v) is 1.17. The summed E-state index contributed by atoms with van der Waals surface area (Å²) in [5.41, 5.74) is 6.32. The molecule has 1 aromatic heterocycles. The lowest BCUT2D eigenvalue weighted by Crippen LogP contribution is -2.10. The lowest BCUT2D eigenvalue weighted by molar-refractivity contribution is 0.0796. The Kier molecular flexibility index (Phi) is 4.23. The smallest absolute Gasteiger partial charge is 0.272 e. The predicted octanol–water partition coefficient (Wildman–Crippen LogP) is 2.40. The van der Waals surface area contributed by atoms with Crippen LogP contribution in [-0.4, -0.2) is 18.0 Å². The Morgan fingerprint density at radius 1 is 1.60 bits per heavy atom. The van der Waals surface area contributed by atoms with E-state index in [2.05, 4.69) is 4.98 Å². The molecule has 6 heteroatoms. The summed E-state index contributed by atoms with van der Waals surface area (Å²) >= 11 is 5.77. The van der Waals surface area contributed by atoms with E-state index in [9.17, 15) is 8.78 Å². The highest BCUT2D eigenvalue weighted by Crippen LogP contribution is 2.24. The number of aromatic nitrogens is 1. The van der Waals surface area contributed by atoms with Gasteiger partial charge in [-0.05, 0) is 18.6 Å². The summed E-state index contributed by atoms with van der Waals surface area (Å²) in [6.07, 6.45) is -1.09. The first-order chi connectivity index (χ1) is 7.00. The van der Waals surface area contributed by atoms with Crippen molar-refractivity contribution in [1.82, 2.24) is 4.98 Å². The van der Waals surface area contributed by atoms with E-state index in [1.54, 1.807) is 13.0 Å². The second kappa shape index (κ2) is 5.23. The summed E-state index contributed by atoms with van der Waals surface area (Å²) in [6, 6.07) is 1.35. The summed E-state index contributed by atoms with van der Waals surface area (Å²) in [7, 11) is 0. The van der Waals surface area contributed by atoms with Crippen molar-refractivity contribution in [3.63, 3.8) is 0 Å². The standard InChI is InChI=1S/C9H11ClF2N2O/c1-5(13)6-2-7(10)9(14-3-6)15-4-8(11)12/h2-3,5,8H,4,13H2,1H3. The van der Waals surface area contributed by atoms with E-state index in [4.69, 9.17) is 22.1 Å². The zero-order valence-corrected chi connectivity index (χ0v) is 8.84. The van der Waals surface area contributed by atoms with Crippen LogP contribution >= 0.6 is 11.6 Å². The van der Waals surface area contributed by atoms with Gasteiger partial charge in [0.25, 0.3) is 6.43 Å². The molecule has 15 heavy (non-hydrogen) atoms. The van der Waals surface area contributed by atoms with Crippen LogP contribution < -0.4 is 10.5 Å². The number of halogens is 3. The van der Waals surface area contributed by atoms with E-state index in [1.165, 1.54) is 6.20 Å². The normalized spacial score (nSPS) is 12.9. The van der Waals surface area contributed by atoms with Gasteiger partial charge in [-0.15, -0.1) is 0 Å². The number of hydrogen-bond acceptors (Lipinski definition) is 3. The van der Waals surface area contributed by atoms with Crippen LogP contribution in [0.2, 0.25) is 5.02 Å². The first-order valence-corrected chi connectivity index (χ1v) is 4.70. The molecule has 0 saturated carbocycles. The number of hydrogen-bond donors (Lipinski definition) is 1. The highest BCUT2D eigenvalue weighted by molar-refractivity contribution is 6.31. The number of ether oxygens (including phenoxy) is 1. The number of nitrogens with zero attached hydrogens (tertiary/aromatic N) is 1. The van der Waals surface area contributed by atoms with Crippen LogP contribution in [0.3, 0.4) is 0 Å². The monoisotopic (exact) mass is 236 g/mol. The molecule has 0 saturated heterocycles. The molecule has 1 atom stereocenters. The second-order valence-corrected chi connectivity index (χ2v) is 3.45. The Bertz CT molecular complexity index is 334. The average Bonchev–Trinajstić information content (AvgIpc) is 2.15. The van der Waals surface area contributed by atoms with Crippen LogP contribution in [0.25, 0.3) is 0 Å². The number of rotatable bonds is 4. The van der Waals surface area contributed by atoms with Gasteiger partial charge in [0.15, 0.2) is 6.61 Å². The number of nitrogens with two attached hydrogens (primary N) is 1. The Balaban J connectivity index is 2.75. The fraction of sp³-hybridized carbons (Fsp3) is 0.444. The van der Waals surface area contributed by atoms with Crippen molar-refractivity contribution >= 4 is 11.6 Å². The molecule has 0 aliphatic carbocycles. The Labute approximate surface area is 91.2 Å². The Morgan fingerprint density at radius 2 is 2.27 bits per heavy atom. The van der Waals surface area contributed by atoms with Crippen LogP contribution in [-0.2, 0) is 0 Å². The topological polar surface area (TPSA) is 48.1 Å². The molecule has 0 spiro atoms. The van der Waals surface area contributed by atoms with E-state index in [-0.39, 0.29) is 16.9 Å². The zero-order valence-electron chi connectivity index (χ0n) is 8.08. The van der Waals surface area contributed by atoms with Crippen molar-refractivity contribution in [2.45, 2.75) is 19.4 Å². The fourth-order valence-electron chi connectivity index (χ4n) is 0.937. The van der Waals surface area contributed by atoms with Gasteiger partial charge in [-0.1, -0.05) is 11.6 Å². The van der Waals surface area contributed by atoms with Crippen molar-refractivity contribution in [1.29, 1.82) is 0 Å². The van der Waals surface area contributed by atoms with E-state index in [1.807, 2.05) is 0 Å². The van der Waals surface area contributed by atoms with E-state index >= 15 is 0 Å². The van der Waals surface area contributed by atoms with Gasteiger partial charge in [-0.2, -0.15) is 0 Å². The minimum atomic E-state index is -2.55. The van der Waals surface area contributed by atoms with Gasteiger partial charge in [0.1, 0.15) is 5.02 Å². The van der Waals surface area contributed by atoms with E-state index in [0.717, 1.165) is 5.56 Å². The quantitative estimate of drug-likeness (QED) is 0.873. The molecular weight excluding hydrogens is 226 g/mol. The van der Waals surface area contributed by atoms with Gasteiger partial charge in [0, 0.05) is 12.2 Å². The lowest BCUT2D eigenvalue weighted by atomic mass is 10.2. The van der Waals surface area contributed by atoms with Crippen LogP contribution in [0.15, 0.2) is 12.3 Å². The van der Waals surface area contributed by atoms with Crippen LogP contribution in [0.4, 0.5) is 8.78 Å². The molecule has 0 bridgehead atoms. The summed E-state index contributed by atoms with van der Waals surface area (Å²) in [4.78, 5) is 3.80. The average molecular weight is 237 g/mol. The lowest BCUT2D eigenvalue weighted by Gasteiger charge is -2.09. The summed E-state index contributed by atoms with van der Waals surface area (Å²) in [5, 5.41) is 0.186. The van der Waals surface area contributed by atoms with Crippen LogP contribution in [0.1, 0.15) is 18.5 Å². The minimum Gasteiger partial charge on any atom is -0.471 e. The Morgan fingerprint density at radius 3 is 2.73 bits per heavy atom. The number of pyridine rings is 1. The SMILES string of the molecule is CC(N)c1cnc(OCC(F)F)c(Cl)c1. The van der Waals surface area contributed by atoms with E-state index < -0.39 is 13.0 Å². The van der Waals surface area contributed by atoms with Gasteiger partial charge >= 0.3 is 0 Å². The van der Waals surface area contributed by atoms with Crippen LogP contribution in [0, 0.1) is 0 Å². The first-order valence-electron chi connectivity index (χ1n) is 4.32. The molecule has 3 nitrogen and oxygen atoms in total. The zero-order chi connectivity index (χ0) is 11.4. The molecule has 1 rings (SSSR count). The minimum absolute atomic E-state index is 0.00127. The third-order valence-electron chi connectivity index (χ3n) is 1.70. The number of alkyl halides is 2. The molecule has 84 valence electrons. The predicted molar refractivity (Wildman–Crippen MR) is 53.3 cm³/mol. The molecule has 1 aromatic rings. The summed E-state index contributed by atoms with van der Waals surface area (Å²) in [6.45, 7) is 1.05. The van der Waals surface area contributed by atoms with Crippen molar-refractivity contribution in [3.8, 4) is 5.88 Å². The van der Waals surface area contributed by atoms with Gasteiger partial charge in [0.05, 0.1) is 0 Å². The summed E-state index contributed by atoms with van der Waals surface area (Å²) in [5.74, 6) is 0.00127. The van der Waals surface area contributed by atoms with Gasteiger partial charge < -0.3 is 10.5 Å². The van der Waals surface area contributed by atoms with Gasteiger partial charge in [0.2, 0.25) is 5.88 Å².